The Morgan fingerprint density at radius 1 is 1.00 bits per heavy atom. The van der Waals surface area contributed by atoms with Crippen molar-refractivity contribution in [2.75, 3.05) is 19.1 Å². The molecule has 1 aliphatic rings. The summed E-state index contributed by atoms with van der Waals surface area (Å²) >= 11 is 1.36. The van der Waals surface area contributed by atoms with Gasteiger partial charge in [0, 0.05) is 0 Å². The van der Waals surface area contributed by atoms with Crippen LogP contribution in [0.15, 0.2) is 57.7 Å². The number of ether oxygens (including phenoxy) is 2. The molecule has 0 spiro atoms. The van der Waals surface area contributed by atoms with Crippen molar-refractivity contribution < 1.29 is 23.1 Å². The van der Waals surface area contributed by atoms with E-state index in [4.69, 9.17) is 18.9 Å². The van der Waals surface area contributed by atoms with Crippen LogP contribution in [-0.4, -0.2) is 25.1 Å². The average Bonchev–Trinajstić information content (AvgIpc) is 3.43. The van der Waals surface area contributed by atoms with Gasteiger partial charge in [0.05, 0.1) is 41.4 Å². The molecule has 5 aromatic rings. The first-order valence-corrected chi connectivity index (χ1v) is 12.3. The van der Waals surface area contributed by atoms with Gasteiger partial charge in [-0.25, -0.2) is 9.37 Å². The summed E-state index contributed by atoms with van der Waals surface area (Å²) in [6.45, 7) is 3.97. The minimum atomic E-state index is -0.867. The maximum atomic E-state index is 14.1. The van der Waals surface area contributed by atoms with E-state index in [2.05, 4.69) is 0 Å². The Labute approximate surface area is 214 Å². The minimum Gasteiger partial charge on any atom is -0.493 e. The second-order valence-corrected chi connectivity index (χ2v) is 9.94. The molecule has 0 saturated heterocycles. The van der Waals surface area contributed by atoms with Crippen LogP contribution in [-0.2, 0) is 0 Å². The van der Waals surface area contributed by atoms with Gasteiger partial charge < -0.3 is 13.9 Å². The highest BCUT2D eigenvalue weighted by atomic mass is 32.1. The molecular weight excluding hydrogens is 495 g/mol. The third kappa shape index (κ3) is 3.49. The van der Waals surface area contributed by atoms with E-state index >= 15 is 0 Å². The summed E-state index contributed by atoms with van der Waals surface area (Å²) in [7, 11) is 3.04. The number of anilines is 1. The quantitative estimate of drug-likeness (QED) is 0.295. The Morgan fingerprint density at radius 2 is 1.78 bits per heavy atom. The Kier molecular flexibility index (Phi) is 5.27. The second-order valence-electron chi connectivity index (χ2n) is 8.93. The molecule has 37 heavy (non-hydrogen) atoms. The van der Waals surface area contributed by atoms with E-state index in [1.807, 2.05) is 26.0 Å². The number of methoxy groups -OCH3 is 2. The van der Waals surface area contributed by atoms with Crippen molar-refractivity contribution in [2.24, 2.45) is 0 Å². The second kappa shape index (κ2) is 8.41. The number of carbonyl (C=O) groups excluding carboxylic acids is 1. The predicted octanol–water partition coefficient (Wildman–Crippen LogP) is 5.93. The zero-order valence-corrected chi connectivity index (χ0v) is 21.2. The molecule has 3 aromatic carbocycles. The molecule has 0 fully saturated rings. The summed E-state index contributed by atoms with van der Waals surface area (Å²) in [6.07, 6.45) is 0. The van der Waals surface area contributed by atoms with Crippen LogP contribution >= 0.6 is 11.3 Å². The van der Waals surface area contributed by atoms with E-state index in [-0.39, 0.29) is 22.3 Å². The number of nitrogens with zero attached hydrogens (tertiary/aromatic N) is 2. The molecule has 0 unspecified atom stereocenters. The van der Waals surface area contributed by atoms with E-state index in [9.17, 15) is 14.0 Å². The zero-order chi connectivity index (χ0) is 26.0. The van der Waals surface area contributed by atoms with Crippen LogP contribution in [0.4, 0.5) is 9.52 Å². The highest BCUT2D eigenvalue weighted by Gasteiger charge is 2.45. The Hall–Kier alpha value is -4.24. The van der Waals surface area contributed by atoms with Crippen molar-refractivity contribution in [2.45, 2.75) is 19.9 Å². The molecule has 0 N–H and O–H groups in total. The summed E-state index contributed by atoms with van der Waals surface area (Å²) in [5.41, 5.74) is 3.24. The molecule has 0 bridgehead atoms. The fourth-order valence-corrected chi connectivity index (χ4v) is 6.11. The lowest BCUT2D eigenvalue weighted by Gasteiger charge is -2.23. The van der Waals surface area contributed by atoms with Gasteiger partial charge in [-0.05, 0) is 66.9 Å². The van der Waals surface area contributed by atoms with Gasteiger partial charge in [0.25, 0.3) is 5.91 Å². The topological polar surface area (TPSA) is 81.9 Å². The summed E-state index contributed by atoms with van der Waals surface area (Å²) in [5, 5.41) is 0.490. The number of benzene rings is 3. The largest absolute Gasteiger partial charge is 0.493 e. The smallest absolute Gasteiger partial charge is 0.297 e. The first-order chi connectivity index (χ1) is 17.8. The lowest BCUT2D eigenvalue weighted by atomic mass is 9.98. The van der Waals surface area contributed by atoms with Crippen molar-refractivity contribution in [1.82, 2.24) is 4.98 Å². The minimum absolute atomic E-state index is 0.0645. The van der Waals surface area contributed by atoms with Crippen molar-refractivity contribution >= 4 is 43.6 Å². The van der Waals surface area contributed by atoms with Gasteiger partial charge in [-0.15, -0.1) is 0 Å². The van der Waals surface area contributed by atoms with E-state index in [1.165, 1.54) is 42.6 Å². The highest BCUT2D eigenvalue weighted by Crippen LogP contribution is 2.45. The number of rotatable bonds is 4. The monoisotopic (exact) mass is 516 g/mol. The van der Waals surface area contributed by atoms with Crippen molar-refractivity contribution in [1.29, 1.82) is 0 Å². The van der Waals surface area contributed by atoms with Crippen LogP contribution in [0.3, 0.4) is 0 Å². The molecular formula is C28H21FN2O5S. The number of amides is 1. The number of fused-ring (bicyclic) bond motifs is 3. The molecule has 0 aliphatic carbocycles. The highest BCUT2D eigenvalue weighted by molar-refractivity contribution is 7.22. The van der Waals surface area contributed by atoms with Crippen LogP contribution < -0.4 is 19.8 Å². The number of aryl methyl sites for hydroxylation is 2. The van der Waals surface area contributed by atoms with E-state index in [0.29, 0.717) is 22.2 Å². The number of aromatic nitrogens is 1. The maximum absolute atomic E-state index is 14.1. The van der Waals surface area contributed by atoms with Crippen LogP contribution in [0.2, 0.25) is 0 Å². The molecule has 1 aliphatic heterocycles. The molecule has 3 heterocycles. The summed E-state index contributed by atoms with van der Waals surface area (Å²) in [4.78, 5) is 33.9. The fraction of sp³-hybridized carbons (Fsp3) is 0.179. The molecule has 2 aromatic heterocycles. The van der Waals surface area contributed by atoms with Gasteiger partial charge in [-0.2, -0.15) is 0 Å². The van der Waals surface area contributed by atoms with E-state index in [1.54, 1.807) is 18.2 Å². The SMILES string of the molecule is COc1ccc([C@@H]2c3c(oc4ccc(F)cc4c3=O)C(=O)N2c2nc3c(C)cc(C)cc3s2)cc1OC. The predicted molar refractivity (Wildman–Crippen MR) is 140 cm³/mol. The molecule has 9 heteroatoms. The molecule has 1 atom stereocenters. The van der Waals surface area contributed by atoms with E-state index < -0.39 is 23.2 Å². The molecule has 186 valence electrons. The van der Waals surface area contributed by atoms with Gasteiger partial charge in [0.1, 0.15) is 11.4 Å². The van der Waals surface area contributed by atoms with Crippen LogP contribution in [0.25, 0.3) is 21.2 Å². The number of thiazole rings is 1. The third-order valence-corrected chi connectivity index (χ3v) is 7.58. The van der Waals surface area contributed by atoms with Crippen molar-refractivity contribution in [3.05, 3.63) is 92.6 Å². The van der Waals surface area contributed by atoms with Gasteiger partial charge in [0.2, 0.25) is 5.76 Å². The summed E-state index contributed by atoms with van der Waals surface area (Å²) < 4.78 is 31.8. The zero-order valence-electron chi connectivity index (χ0n) is 20.4. The van der Waals surface area contributed by atoms with Crippen LogP contribution in [0, 0.1) is 19.7 Å². The van der Waals surface area contributed by atoms with Gasteiger partial charge in [-0.3, -0.25) is 14.5 Å². The van der Waals surface area contributed by atoms with Crippen LogP contribution in [0.5, 0.6) is 11.5 Å². The molecule has 1 amide bonds. The van der Waals surface area contributed by atoms with Crippen molar-refractivity contribution in [3.63, 3.8) is 0 Å². The number of hydrogen-bond acceptors (Lipinski definition) is 7. The first kappa shape index (κ1) is 23.2. The molecule has 0 radical (unpaired) electrons. The van der Waals surface area contributed by atoms with Crippen molar-refractivity contribution in [3.8, 4) is 11.5 Å². The first-order valence-electron chi connectivity index (χ1n) is 11.5. The van der Waals surface area contributed by atoms with E-state index in [0.717, 1.165) is 27.4 Å². The molecule has 7 nitrogen and oxygen atoms in total. The maximum Gasteiger partial charge on any atom is 0.297 e. The third-order valence-electron chi connectivity index (χ3n) is 6.58. The number of hydrogen-bond donors (Lipinski definition) is 0. The Balaban J connectivity index is 1.65. The van der Waals surface area contributed by atoms with Gasteiger partial charge in [-0.1, -0.05) is 23.5 Å². The molecule has 6 rings (SSSR count). The van der Waals surface area contributed by atoms with Gasteiger partial charge >= 0.3 is 0 Å². The molecule has 0 saturated carbocycles. The Morgan fingerprint density at radius 3 is 2.54 bits per heavy atom. The van der Waals surface area contributed by atoms with Crippen LogP contribution in [0.1, 0.15) is 38.9 Å². The number of carbonyl (C=O) groups is 1. The summed E-state index contributed by atoms with van der Waals surface area (Å²) in [5.74, 6) is -0.211. The number of halogens is 1. The lowest BCUT2D eigenvalue weighted by molar-refractivity contribution is 0.0971. The average molecular weight is 517 g/mol. The fourth-order valence-electron chi connectivity index (χ4n) is 4.94. The standard InChI is InChI=1S/C28H21FN2O5S/c1-13-9-14(2)23-21(10-13)37-28(30-23)31-24(15-5-7-19(34-3)20(11-15)35-4)22-25(32)17-12-16(29)6-8-18(17)36-26(22)27(31)33/h5-12,24H,1-4H3/t24-/m1/s1. The normalized spacial score (nSPS) is 15.0. The lowest BCUT2D eigenvalue weighted by Crippen LogP contribution is -2.29. The Bertz CT molecular complexity index is 1810. The van der Waals surface area contributed by atoms with Gasteiger partial charge in [0.15, 0.2) is 22.1 Å². The summed E-state index contributed by atoms with van der Waals surface area (Å²) in [6, 6.07) is 12.1.